The van der Waals surface area contributed by atoms with Crippen LogP contribution < -0.4 is 0 Å². The summed E-state index contributed by atoms with van der Waals surface area (Å²) in [6.45, 7) is 0. The highest BCUT2D eigenvalue weighted by atomic mass is 35.5. The molecule has 0 fully saturated rings. The number of Topliss-reactive ketones (excluding diaryl/α,β-unsaturated/α-hetero) is 1. The van der Waals surface area contributed by atoms with Crippen molar-refractivity contribution in [1.29, 1.82) is 0 Å². The van der Waals surface area contributed by atoms with Gasteiger partial charge in [-0.25, -0.2) is 0 Å². The Kier molecular flexibility index (Phi) is 3.03. The van der Waals surface area contributed by atoms with E-state index in [1.807, 2.05) is 0 Å². The number of halogens is 1. The van der Waals surface area contributed by atoms with Crippen LogP contribution in [0.5, 0.6) is 0 Å². The van der Waals surface area contributed by atoms with Crippen molar-refractivity contribution in [2.45, 2.75) is 6.42 Å². The van der Waals surface area contributed by atoms with E-state index in [9.17, 15) is 4.79 Å². The normalized spacial score (nSPS) is 10.2. The Morgan fingerprint density at radius 1 is 1.53 bits per heavy atom. The first-order valence-corrected chi connectivity index (χ1v) is 5.37. The number of pyridine rings is 1. The lowest BCUT2D eigenvalue weighted by Gasteiger charge is -2.00. The van der Waals surface area contributed by atoms with Crippen LogP contribution in [0.1, 0.15) is 16.1 Å². The van der Waals surface area contributed by atoms with Crippen molar-refractivity contribution in [3.05, 3.63) is 40.1 Å². The molecule has 0 atom stereocenters. The third-order valence-electron chi connectivity index (χ3n) is 1.85. The molecule has 0 aliphatic heterocycles. The molecule has 0 unspecified atom stereocenters. The number of carbonyl (C=O) groups is 1. The van der Waals surface area contributed by atoms with Crippen LogP contribution in [0.3, 0.4) is 0 Å². The van der Waals surface area contributed by atoms with E-state index in [0.717, 1.165) is 17.1 Å². The van der Waals surface area contributed by atoms with Crippen molar-refractivity contribution in [2.24, 2.45) is 0 Å². The van der Waals surface area contributed by atoms with Gasteiger partial charge in [0.05, 0.1) is 5.02 Å². The Bertz CT molecular complexity index is 472. The van der Waals surface area contributed by atoms with E-state index in [1.54, 1.807) is 17.6 Å². The van der Waals surface area contributed by atoms with E-state index in [-0.39, 0.29) is 12.2 Å². The molecule has 4 nitrogen and oxygen atoms in total. The Balaban J connectivity index is 2.17. The molecule has 0 spiro atoms. The highest BCUT2D eigenvalue weighted by Crippen LogP contribution is 2.15. The second-order valence-electron chi connectivity index (χ2n) is 2.86. The molecule has 0 saturated heterocycles. The number of aromatic nitrogens is 3. The van der Waals surface area contributed by atoms with Crippen LogP contribution in [0.15, 0.2) is 23.8 Å². The van der Waals surface area contributed by atoms with Gasteiger partial charge >= 0.3 is 0 Å². The minimum atomic E-state index is -0.0862. The SMILES string of the molecule is O=C(Cc1ccncc1Cl)c1csnn1. The molecule has 2 aromatic heterocycles. The topological polar surface area (TPSA) is 55.7 Å². The van der Waals surface area contributed by atoms with Gasteiger partial charge in [-0.2, -0.15) is 0 Å². The molecule has 2 rings (SSSR count). The highest BCUT2D eigenvalue weighted by molar-refractivity contribution is 7.03. The van der Waals surface area contributed by atoms with Crippen LogP contribution in [-0.4, -0.2) is 20.4 Å². The van der Waals surface area contributed by atoms with Crippen molar-refractivity contribution >= 4 is 28.9 Å². The lowest BCUT2D eigenvalue weighted by atomic mass is 10.1. The van der Waals surface area contributed by atoms with Crippen molar-refractivity contribution in [1.82, 2.24) is 14.6 Å². The Morgan fingerprint density at radius 2 is 2.40 bits per heavy atom. The van der Waals surface area contributed by atoms with Crippen LogP contribution in [0.4, 0.5) is 0 Å². The summed E-state index contributed by atoms with van der Waals surface area (Å²) >= 11 is 7.04. The van der Waals surface area contributed by atoms with E-state index in [4.69, 9.17) is 11.6 Å². The zero-order valence-electron chi connectivity index (χ0n) is 7.55. The molecule has 0 radical (unpaired) electrons. The fraction of sp³-hybridized carbons (Fsp3) is 0.111. The highest BCUT2D eigenvalue weighted by Gasteiger charge is 2.11. The summed E-state index contributed by atoms with van der Waals surface area (Å²) in [7, 11) is 0. The number of ketones is 1. The molecule has 6 heteroatoms. The molecule has 0 amide bonds. The molecule has 2 heterocycles. The Labute approximate surface area is 95.1 Å². The summed E-state index contributed by atoms with van der Waals surface area (Å²) in [6.07, 6.45) is 3.35. The fourth-order valence-corrected chi connectivity index (χ4v) is 1.74. The van der Waals surface area contributed by atoms with Crippen LogP contribution in [0, 0.1) is 0 Å². The van der Waals surface area contributed by atoms with E-state index < -0.39 is 0 Å². The predicted octanol–water partition coefficient (Wildman–Crippen LogP) is 2.01. The van der Waals surface area contributed by atoms with Gasteiger partial charge in [-0.05, 0) is 23.2 Å². The van der Waals surface area contributed by atoms with Gasteiger partial charge in [0, 0.05) is 24.2 Å². The molecule has 0 aromatic carbocycles. The predicted molar refractivity (Wildman–Crippen MR) is 57.2 cm³/mol. The van der Waals surface area contributed by atoms with E-state index in [1.165, 1.54) is 6.20 Å². The maximum Gasteiger partial charge on any atom is 0.188 e. The largest absolute Gasteiger partial charge is 0.292 e. The lowest BCUT2D eigenvalue weighted by molar-refractivity contribution is 0.0988. The number of nitrogens with zero attached hydrogens (tertiary/aromatic N) is 3. The number of carbonyl (C=O) groups excluding carboxylic acids is 1. The Morgan fingerprint density at radius 3 is 3.07 bits per heavy atom. The first-order valence-electron chi connectivity index (χ1n) is 4.16. The molecular formula is C9H6ClN3OS. The minimum Gasteiger partial charge on any atom is -0.292 e. The standard InChI is InChI=1S/C9H6ClN3OS/c10-7-4-11-2-1-6(7)3-9(14)8-5-15-13-12-8/h1-2,4-5H,3H2. The van der Waals surface area contributed by atoms with Gasteiger partial charge in [0.1, 0.15) is 5.69 Å². The molecule has 0 aliphatic carbocycles. The van der Waals surface area contributed by atoms with Crippen molar-refractivity contribution in [3.63, 3.8) is 0 Å². The van der Waals surface area contributed by atoms with E-state index >= 15 is 0 Å². The van der Waals surface area contributed by atoms with E-state index in [2.05, 4.69) is 14.6 Å². The van der Waals surface area contributed by atoms with Gasteiger partial charge in [0.25, 0.3) is 0 Å². The molecule has 0 saturated carbocycles. The van der Waals surface area contributed by atoms with Crippen LogP contribution in [0.2, 0.25) is 5.02 Å². The smallest absolute Gasteiger partial charge is 0.188 e. The third kappa shape index (κ3) is 2.37. The molecule has 76 valence electrons. The molecule has 0 bridgehead atoms. The third-order valence-corrected chi connectivity index (χ3v) is 2.70. The summed E-state index contributed by atoms with van der Waals surface area (Å²) < 4.78 is 3.63. The maximum atomic E-state index is 11.7. The lowest BCUT2D eigenvalue weighted by Crippen LogP contribution is -2.04. The molecular weight excluding hydrogens is 234 g/mol. The van der Waals surface area contributed by atoms with E-state index in [0.29, 0.717) is 10.7 Å². The summed E-state index contributed by atoms with van der Waals surface area (Å²) in [6, 6.07) is 1.72. The average molecular weight is 240 g/mol. The van der Waals surface area contributed by atoms with Crippen molar-refractivity contribution in [3.8, 4) is 0 Å². The monoisotopic (exact) mass is 239 g/mol. The second kappa shape index (κ2) is 4.46. The van der Waals surface area contributed by atoms with Crippen LogP contribution >= 0.6 is 23.1 Å². The molecule has 15 heavy (non-hydrogen) atoms. The van der Waals surface area contributed by atoms with Crippen LogP contribution in [-0.2, 0) is 6.42 Å². The maximum absolute atomic E-state index is 11.7. The van der Waals surface area contributed by atoms with Gasteiger partial charge < -0.3 is 0 Å². The molecule has 0 aliphatic rings. The van der Waals surface area contributed by atoms with Crippen molar-refractivity contribution in [2.75, 3.05) is 0 Å². The molecule has 0 N–H and O–H groups in total. The fourth-order valence-electron chi connectivity index (χ4n) is 1.10. The quantitative estimate of drug-likeness (QED) is 0.769. The van der Waals surface area contributed by atoms with Gasteiger partial charge in [-0.15, -0.1) is 5.10 Å². The van der Waals surface area contributed by atoms with Gasteiger partial charge in [0.15, 0.2) is 5.78 Å². The Hall–Kier alpha value is -1.33. The van der Waals surface area contributed by atoms with Gasteiger partial charge in [-0.3, -0.25) is 9.78 Å². The van der Waals surface area contributed by atoms with Crippen molar-refractivity contribution < 1.29 is 4.79 Å². The zero-order valence-corrected chi connectivity index (χ0v) is 9.13. The number of rotatable bonds is 3. The van der Waals surface area contributed by atoms with Crippen LogP contribution in [0.25, 0.3) is 0 Å². The minimum absolute atomic E-state index is 0.0862. The van der Waals surface area contributed by atoms with Gasteiger partial charge in [-0.1, -0.05) is 16.1 Å². The second-order valence-corrected chi connectivity index (χ2v) is 3.87. The summed E-state index contributed by atoms with van der Waals surface area (Å²) in [5, 5.41) is 5.82. The first-order chi connectivity index (χ1) is 7.27. The summed E-state index contributed by atoms with van der Waals surface area (Å²) in [4.78, 5) is 15.5. The zero-order chi connectivity index (χ0) is 10.7. The van der Waals surface area contributed by atoms with Gasteiger partial charge in [0.2, 0.25) is 0 Å². The first kappa shape index (κ1) is 10.2. The molecule has 2 aromatic rings. The summed E-state index contributed by atoms with van der Waals surface area (Å²) in [5.41, 5.74) is 1.14. The number of hydrogen-bond donors (Lipinski definition) is 0. The number of hydrogen-bond acceptors (Lipinski definition) is 5. The summed E-state index contributed by atoms with van der Waals surface area (Å²) in [5.74, 6) is -0.0862. The average Bonchev–Trinajstić information content (AvgIpc) is 2.74.